The molecule has 14 heavy (non-hydrogen) atoms. The van der Waals surface area contributed by atoms with Crippen molar-refractivity contribution in [2.45, 2.75) is 18.9 Å². The van der Waals surface area contributed by atoms with Gasteiger partial charge in [0, 0.05) is 6.42 Å². The first-order chi connectivity index (χ1) is 6.22. The Hall–Kier alpha value is -1.15. The molecular weight excluding hydrogens is 214 g/mol. The monoisotopic (exact) mass is 225 g/mol. The first-order valence-electron chi connectivity index (χ1n) is 3.63. The number of hydrogen-bond acceptors (Lipinski definition) is 6. The van der Waals surface area contributed by atoms with Crippen LogP contribution in [0.2, 0.25) is 0 Å². The third-order valence-electron chi connectivity index (χ3n) is 1.22. The highest BCUT2D eigenvalue weighted by Crippen LogP contribution is 1.99. The van der Waals surface area contributed by atoms with E-state index in [4.69, 9.17) is 10.8 Å². The van der Waals surface area contributed by atoms with E-state index >= 15 is 0 Å². The fourth-order valence-electron chi connectivity index (χ4n) is 0.607. The van der Waals surface area contributed by atoms with Crippen molar-refractivity contribution in [2.75, 3.05) is 6.26 Å². The summed E-state index contributed by atoms with van der Waals surface area (Å²) in [6.07, 6.45) is 0.215. The number of carbonyl (C=O) groups is 2. The van der Waals surface area contributed by atoms with Gasteiger partial charge in [0.15, 0.2) is 0 Å². The summed E-state index contributed by atoms with van der Waals surface area (Å²) in [6, 6.07) is -1.19. The fraction of sp³-hybridized carbons (Fsp3) is 0.667. The first-order valence-corrected chi connectivity index (χ1v) is 5.44. The zero-order chi connectivity index (χ0) is 11.4. The topological polar surface area (TPSA) is 124 Å². The van der Waals surface area contributed by atoms with Gasteiger partial charge in [0.2, 0.25) is 0 Å². The van der Waals surface area contributed by atoms with Crippen molar-refractivity contribution in [3.63, 3.8) is 0 Å². The van der Waals surface area contributed by atoms with Crippen LogP contribution in [0.3, 0.4) is 0 Å². The molecule has 3 N–H and O–H groups in total. The van der Waals surface area contributed by atoms with Crippen molar-refractivity contribution in [3.05, 3.63) is 0 Å². The molecule has 8 heteroatoms. The molecule has 0 aliphatic rings. The first kappa shape index (κ1) is 12.8. The highest BCUT2D eigenvalue weighted by Gasteiger charge is 2.16. The van der Waals surface area contributed by atoms with E-state index in [9.17, 15) is 18.0 Å². The molecule has 0 aromatic rings. The summed E-state index contributed by atoms with van der Waals surface area (Å²) in [7, 11) is -3.83. The zero-order valence-electron chi connectivity index (χ0n) is 7.47. The number of aliphatic carboxylic acids is 1. The van der Waals surface area contributed by atoms with Crippen molar-refractivity contribution in [1.29, 1.82) is 0 Å². The van der Waals surface area contributed by atoms with E-state index in [0.29, 0.717) is 0 Å². The molecule has 7 nitrogen and oxygen atoms in total. The average molecular weight is 225 g/mol. The minimum atomic E-state index is -3.83. The molecule has 1 atom stereocenters. The maximum absolute atomic E-state index is 10.7. The van der Waals surface area contributed by atoms with Gasteiger partial charge in [0.25, 0.3) is 0 Å². The van der Waals surface area contributed by atoms with Crippen LogP contribution in [0.1, 0.15) is 12.8 Å². The Labute approximate surface area is 81.0 Å². The molecule has 0 aromatic heterocycles. The summed E-state index contributed by atoms with van der Waals surface area (Å²) >= 11 is 0. The maximum atomic E-state index is 10.7. The van der Waals surface area contributed by atoms with Gasteiger partial charge in [0.05, 0.1) is 6.26 Å². The molecule has 0 spiro atoms. The van der Waals surface area contributed by atoms with Crippen LogP contribution < -0.4 is 5.73 Å². The number of carboxylic acid groups (broad SMARTS) is 1. The zero-order valence-corrected chi connectivity index (χ0v) is 8.28. The number of carboxylic acids is 1. The summed E-state index contributed by atoms with van der Waals surface area (Å²) in [5.41, 5.74) is 5.07. The van der Waals surface area contributed by atoms with E-state index in [2.05, 4.69) is 4.18 Å². The molecule has 0 radical (unpaired) electrons. The van der Waals surface area contributed by atoms with E-state index in [1.807, 2.05) is 0 Å². The Bertz CT molecular complexity index is 321. The second kappa shape index (κ2) is 4.91. The van der Waals surface area contributed by atoms with E-state index in [1.54, 1.807) is 0 Å². The summed E-state index contributed by atoms with van der Waals surface area (Å²) in [5, 5.41) is 8.33. The predicted octanol–water partition coefficient (Wildman–Crippen LogP) is -1.32. The number of rotatable bonds is 5. The van der Waals surface area contributed by atoms with Gasteiger partial charge in [-0.05, 0) is 6.42 Å². The van der Waals surface area contributed by atoms with E-state index in [1.165, 1.54) is 0 Å². The van der Waals surface area contributed by atoms with Crippen LogP contribution in [-0.4, -0.2) is 37.8 Å². The van der Waals surface area contributed by atoms with Gasteiger partial charge in [-0.15, -0.1) is 0 Å². The van der Waals surface area contributed by atoms with Crippen LogP contribution in [0.15, 0.2) is 0 Å². The lowest BCUT2D eigenvalue weighted by Crippen LogP contribution is -2.30. The molecule has 0 aromatic carbocycles. The van der Waals surface area contributed by atoms with Gasteiger partial charge >= 0.3 is 22.1 Å². The Balaban J connectivity index is 3.93. The lowest BCUT2D eigenvalue weighted by atomic mass is 10.2. The van der Waals surface area contributed by atoms with E-state index < -0.39 is 28.1 Å². The van der Waals surface area contributed by atoms with Crippen molar-refractivity contribution in [3.8, 4) is 0 Å². The third kappa shape index (κ3) is 6.38. The lowest BCUT2D eigenvalue weighted by molar-refractivity contribution is -0.139. The highest BCUT2D eigenvalue weighted by atomic mass is 32.2. The largest absolute Gasteiger partial charge is 0.480 e. The van der Waals surface area contributed by atoms with Crippen molar-refractivity contribution in [2.24, 2.45) is 5.73 Å². The van der Waals surface area contributed by atoms with E-state index in [0.717, 1.165) is 6.26 Å². The molecule has 0 saturated heterocycles. The lowest BCUT2D eigenvalue weighted by Gasteiger charge is -2.04. The number of hydrogen-bond donors (Lipinski definition) is 2. The standard InChI is InChI=1S/C6H11NO6S/c1-14(11,12)13-5(8)3-2-4(7)6(9)10/h4H,2-3,7H2,1H3,(H,9,10)/t4-/m1/s1. The Kier molecular flexibility index (Phi) is 4.51. The van der Waals surface area contributed by atoms with Gasteiger partial charge in [-0.3, -0.25) is 9.59 Å². The minimum Gasteiger partial charge on any atom is -0.480 e. The van der Waals surface area contributed by atoms with Crippen molar-refractivity contribution < 1.29 is 27.3 Å². The predicted molar refractivity (Wildman–Crippen MR) is 45.8 cm³/mol. The van der Waals surface area contributed by atoms with Crippen LogP contribution in [0, 0.1) is 0 Å². The molecule has 0 heterocycles. The molecule has 0 rings (SSSR count). The van der Waals surface area contributed by atoms with Crippen molar-refractivity contribution >= 4 is 22.1 Å². The molecule has 0 saturated carbocycles. The molecule has 0 amide bonds. The van der Waals surface area contributed by atoms with Crippen LogP contribution in [0.4, 0.5) is 0 Å². The van der Waals surface area contributed by atoms with E-state index in [-0.39, 0.29) is 12.8 Å². The highest BCUT2D eigenvalue weighted by molar-refractivity contribution is 7.86. The molecule has 0 unspecified atom stereocenters. The molecular formula is C6H11NO6S. The number of carbonyl (C=O) groups excluding carboxylic acids is 1. The maximum Gasteiger partial charge on any atom is 0.322 e. The second-order valence-electron chi connectivity index (χ2n) is 2.64. The second-order valence-corrected chi connectivity index (χ2v) is 4.22. The molecule has 82 valence electrons. The summed E-state index contributed by atoms with van der Waals surface area (Å²) in [6.45, 7) is 0. The van der Waals surface area contributed by atoms with Gasteiger partial charge in [0.1, 0.15) is 6.04 Å². The molecule has 0 bridgehead atoms. The Morgan fingerprint density at radius 2 is 2.00 bits per heavy atom. The van der Waals surface area contributed by atoms with Gasteiger partial charge in [-0.25, -0.2) is 0 Å². The van der Waals surface area contributed by atoms with Gasteiger partial charge in [-0.2, -0.15) is 8.42 Å². The SMILES string of the molecule is CS(=O)(=O)OC(=O)CC[C@@H](N)C(=O)O. The smallest absolute Gasteiger partial charge is 0.322 e. The quantitative estimate of drug-likeness (QED) is 0.556. The van der Waals surface area contributed by atoms with Crippen LogP contribution in [0.5, 0.6) is 0 Å². The number of nitrogens with two attached hydrogens (primary N) is 1. The summed E-state index contributed by atoms with van der Waals surface area (Å²) < 4.78 is 24.8. The van der Waals surface area contributed by atoms with Crippen LogP contribution in [-0.2, 0) is 23.9 Å². The molecule has 0 fully saturated rings. The fourth-order valence-corrected chi connectivity index (χ4v) is 1.03. The van der Waals surface area contributed by atoms with Crippen LogP contribution in [0.25, 0.3) is 0 Å². The summed E-state index contributed by atoms with van der Waals surface area (Å²) in [5.74, 6) is -2.26. The Morgan fingerprint density at radius 1 is 1.50 bits per heavy atom. The van der Waals surface area contributed by atoms with Crippen LogP contribution >= 0.6 is 0 Å². The van der Waals surface area contributed by atoms with Crippen molar-refractivity contribution in [1.82, 2.24) is 0 Å². The molecule has 0 aliphatic carbocycles. The van der Waals surface area contributed by atoms with Gasteiger partial charge in [-0.1, -0.05) is 0 Å². The summed E-state index contributed by atoms with van der Waals surface area (Å²) in [4.78, 5) is 20.9. The van der Waals surface area contributed by atoms with Gasteiger partial charge < -0.3 is 15.0 Å². The average Bonchev–Trinajstić information content (AvgIpc) is 1.96. The molecule has 0 aliphatic heterocycles. The Morgan fingerprint density at radius 3 is 2.36 bits per heavy atom. The third-order valence-corrected chi connectivity index (χ3v) is 1.71. The minimum absolute atomic E-state index is 0.163. The normalized spacial score (nSPS) is 13.3.